The van der Waals surface area contributed by atoms with Crippen LogP contribution in [0.2, 0.25) is 0 Å². The topological polar surface area (TPSA) is 112 Å². The van der Waals surface area contributed by atoms with Crippen molar-refractivity contribution in [2.24, 2.45) is 5.92 Å². The second-order valence-corrected chi connectivity index (χ2v) is 9.18. The van der Waals surface area contributed by atoms with Gasteiger partial charge in [-0.1, -0.05) is 18.2 Å². The van der Waals surface area contributed by atoms with Crippen LogP contribution in [0, 0.1) is 5.92 Å². The fourth-order valence-corrected chi connectivity index (χ4v) is 5.13. The van der Waals surface area contributed by atoms with Crippen molar-refractivity contribution in [3.63, 3.8) is 0 Å². The first-order valence-electron chi connectivity index (χ1n) is 11.7. The molecule has 1 aromatic heterocycles. The van der Waals surface area contributed by atoms with Crippen molar-refractivity contribution < 1.29 is 19.2 Å². The van der Waals surface area contributed by atoms with E-state index in [1.165, 1.54) is 0 Å². The van der Waals surface area contributed by atoms with Gasteiger partial charge in [0.25, 0.3) is 11.8 Å². The van der Waals surface area contributed by atoms with Crippen LogP contribution >= 0.6 is 0 Å². The molecule has 5 rings (SSSR count). The van der Waals surface area contributed by atoms with E-state index in [1.807, 2.05) is 24.4 Å². The molecule has 9 nitrogen and oxygen atoms in total. The van der Waals surface area contributed by atoms with Crippen molar-refractivity contribution in [1.82, 2.24) is 25.4 Å². The summed E-state index contributed by atoms with van der Waals surface area (Å²) >= 11 is 0. The van der Waals surface area contributed by atoms with Gasteiger partial charge in [0.15, 0.2) is 0 Å². The SMILES string of the molecule is O=C1CCC(N2C(=O)c3cccc(CN(Cc4cccnc4)CC4CCNC4)c3C2=O)C(=O)N1. The molecule has 4 heterocycles. The van der Waals surface area contributed by atoms with E-state index in [9.17, 15) is 19.2 Å². The minimum absolute atomic E-state index is 0.102. The van der Waals surface area contributed by atoms with Crippen LogP contribution in [0.25, 0.3) is 0 Å². The number of amides is 4. The second-order valence-electron chi connectivity index (χ2n) is 9.18. The lowest BCUT2D eigenvalue weighted by atomic mass is 10.0. The molecule has 0 radical (unpaired) electrons. The van der Waals surface area contributed by atoms with Crippen molar-refractivity contribution in [2.45, 2.75) is 38.4 Å². The van der Waals surface area contributed by atoms with E-state index in [1.54, 1.807) is 18.3 Å². The molecule has 2 N–H and O–H groups in total. The zero-order chi connectivity index (χ0) is 23.7. The van der Waals surface area contributed by atoms with Crippen molar-refractivity contribution in [2.75, 3.05) is 19.6 Å². The molecule has 9 heteroatoms. The predicted octanol–water partition coefficient (Wildman–Crippen LogP) is 1.09. The average Bonchev–Trinajstić information content (AvgIpc) is 3.42. The third-order valence-corrected chi connectivity index (χ3v) is 6.76. The zero-order valence-corrected chi connectivity index (χ0v) is 18.8. The van der Waals surface area contributed by atoms with Gasteiger partial charge in [0.2, 0.25) is 11.8 Å². The second kappa shape index (κ2) is 9.44. The average molecular weight is 462 g/mol. The van der Waals surface area contributed by atoms with Gasteiger partial charge >= 0.3 is 0 Å². The first-order chi connectivity index (χ1) is 16.5. The van der Waals surface area contributed by atoms with Crippen molar-refractivity contribution in [3.8, 4) is 0 Å². The fourth-order valence-electron chi connectivity index (χ4n) is 5.13. The molecule has 176 valence electrons. The standard InChI is InChI=1S/C25H27N5O4/c31-21-7-6-20(23(32)28-21)30-24(33)19-5-1-4-18(22(19)25(30)34)15-29(14-17-8-10-27-12-17)13-16-3-2-9-26-11-16/h1-5,9,11,17,20,27H,6-8,10,12-15H2,(H,28,31,32). The monoisotopic (exact) mass is 461 g/mol. The van der Waals surface area contributed by atoms with E-state index in [2.05, 4.69) is 20.5 Å². The molecular formula is C25H27N5O4. The lowest BCUT2D eigenvalue weighted by Crippen LogP contribution is -2.54. The van der Waals surface area contributed by atoms with E-state index >= 15 is 0 Å². The largest absolute Gasteiger partial charge is 0.316 e. The summed E-state index contributed by atoms with van der Waals surface area (Å²) in [6.07, 6.45) is 4.93. The van der Waals surface area contributed by atoms with Gasteiger partial charge in [-0.05, 0) is 55.1 Å². The van der Waals surface area contributed by atoms with Crippen LogP contribution in [0.3, 0.4) is 0 Å². The number of rotatable bonds is 7. The van der Waals surface area contributed by atoms with Crippen LogP contribution in [0.5, 0.6) is 0 Å². The van der Waals surface area contributed by atoms with E-state index < -0.39 is 23.8 Å². The number of hydrogen-bond donors (Lipinski definition) is 2. The maximum atomic E-state index is 13.4. The van der Waals surface area contributed by atoms with E-state index in [0.29, 0.717) is 30.1 Å². The Hall–Kier alpha value is -3.43. The summed E-state index contributed by atoms with van der Waals surface area (Å²) in [4.78, 5) is 58.1. The molecule has 2 fully saturated rings. The lowest BCUT2D eigenvalue weighted by Gasteiger charge is -2.28. The van der Waals surface area contributed by atoms with Gasteiger partial charge in [0.1, 0.15) is 6.04 Å². The first-order valence-corrected chi connectivity index (χ1v) is 11.7. The number of nitrogens with zero attached hydrogens (tertiary/aromatic N) is 3. The Kier molecular flexibility index (Phi) is 6.21. The maximum Gasteiger partial charge on any atom is 0.262 e. The molecule has 0 aliphatic carbocycles. The predicted molar refractivity (Wildman–Crippen MR) is 122 cm³/mol. The Morgan fingerprint density at radius 1 is 1.03 bits per heavy atom. The fraction of sp³-hybridized carbons (Fsp3) is 0.400. The number of nitrogens with one attached hydrogen (secondary N) is 2. The van der Waals surface area contributed by atoms with Crippen molar-refractivity contribution >= 4 is 23.6 Å². The molecule has 2 unspecified atom stereocenters. The number of imide groups is 2. The summed E-state index contributed by atoms with van der Waals surface area (Å²) in [6.45, 7) is 3.98. The Morgan fingerprint density at radius 3 is 2.65 bits per heavy atom. The lowest BCUT2D eigenvalue weighted by molar-refractivity contribution is -0.136. The highest BCUT2D eigenvalue weighted by Gasteiger charge is 2.45. The van der Waals surface area contributed by atoms with Crippen LogP contribution in [0.15, 0.2) is 42.7 Å². The highest BCUT2D eigenvalue weighted by molar-refractivity contribution is 6.24. The molecule has 1 aromatic carbocycles. The summed E-state index contributed by atoms with van der Waals surface area (Å²) in [6, 6.07) is 8.27. The van der Waals surface area contributed by atoms with E-state index in [0.717, 1.165) is 42.1 Å². The summed E-state index contributed by atoms with van der Waals surface area (Å²) in [5.41, 5.74) is 2.52. The van der Waals surface area contributed by atoms with Crippen LogP contribution in [0.1, 0.15) is 51.1 Å². The zero-order valence-electron chi connectivity index (χ0n) is 18.8. The van der Waals surface area contributed by atoms with Crippen LogP contribution in [-0.4, -0.2) is 64.1 Å². The van der Waals surface area contributed by atoms with Crippen LogP contribution < -0.4 is 10.6 Å². The van der Waals surface area contributed by atoms with Gasteiger partial charge < -0.3 is 5.32 Å². The maximum absolute atomic E-state index is 13.4. The molecule has 4 amide bonds. The summed E-state index contributed by atoms with van der Waals surface area (Å²) < 4.78 is 0. The summed E-state index contributed by atoms with van der Waals surface area (Å²) in [5, 5.41) is 5.65. The third kappa shape index (κ3) is 4.36. The molecule has 2 saturated heterocycles. The van der Waals surface area contributed by atoms with Crippen LogP contribution in [-0.2, 0) is 22.7 Å². The number of piperidine rings is 1. The smallest absolute Gasteiger partial charge is 0.262 e. The summed E-state index contributed by atoms with van der Waals surface area (Å²) in [5.74, 6) is -1.42. The molecule has 0 bridgehead atoms. The normalized spacial score (nSPS) is 22.4. The van der Waals surface area contributed by atoms with E-state index in [4.69, 9.17) is 0 Å². The van der Waals surface area contributed by atoms with Gasteiger partial charge in [0, 0.05) is 38.4 Å². The molecule has 3 aliphatic heterocycles. The number of benzene rings is 1. The molecule has 3 aliphatic rings. The van der Waals surface area contributed by atoms with E-state index in [-0.39, 0.29) is 18.7 Å². The summed E-state index contributed by atoms with van der Waals surface area (Å²) in [7, 11) is 0. The Balaban J connectivity index is 1.41. The Bertz CT molecular complexity index is 1130. The molecule has 2 atom stereocenters. The first kappa shape index (κ1) is 22.4. The van der Waals surface area contributed by atoms with Crippen molar-refractivity contribution in [1.29, 1.82) is 0 Å². The van der Waals surface area contributed by atoms with Gasteiger partial charge in [-0.3, -0.25) is 39.3 Å². The number of fused-ring (bicyclic) bond motifs is 1. The molecule has 2 aromatic rings. The highest BCUT2D eigenvalue weighted by atomic mass is 16.2. The van der Waals surface area contributed by atoms with Gasteiger partial charge in [-0.25, -0.2) is 0 Å². The number of aromatic nitrogens is 1. The number of pyridine rings is 1. The molecule has 34 heavy (non-hydrogen) atoms. The molecule has 0 spiro atoms. The van der Waals surface area contributed by atoms with Crippen LogP contribution in [0.4, 0.5) is 0 Å². The Labute approximate surface area is 197 Å². The number of carbonyl (C=O) groups is 4. The molecular weight excluding hydrogens is 434 g/mol. The highest BCUT2D eigenvalue weighted by Crippen LogP contribution is 2.31. The van der Waals surface area contributed by atoms with Gasteiger partial charge in [-0.2, -0.15) is 0 Å². The number of carbonyl (C=O) groups excluding carboxylic acids is 4. The quantitative estimate of drug-likeness (QED) is 0.594. The minimum Gasteiger partial charge on any atom is -0.316 e. The Morgan fingerprint density at radius 2 is 1.91 bits per heavy atom. The number of hydrogen-bond acceptors (Lipinski definition) is 7. The molecule has 0 saturated carbocycles. The van der Waals surface area contributed by atoms with Gasteiger partial charge in [-0.15, -0.1) is 0 Å². The third-order valence-electron chi connectivity index (χ3n) is 6.76. The minimum atomic E-state index is -0.964. The van der Waals surface area contributed by atoms with Gasteiger partial charge in [0.05, 0.1) is 11.1 Å². The van der Waals surface area contributed by atoms with Crippen molar-refractivity contribution in [3.05, 3.63) is 65.0 Å².